The molecule has 74 valence electrons. The summed E-state index contributed by atoms with van der Waals surface area (Å²) in [5.74, 6) is 0.297. The molecule has 1 aliphatic rings. The number of methoxy groups -OCH3 is 1. The van der Waals surface area contributed by atoms with Crippen LogP contribution in [0, 0.1) is 0 Å². The molecule has 2 rings (SSSR count). The number of fused-ring (bicyclic) bond motifs is 1. The second kappa shape index (κ2) is 2.91. The van der Waals surface area contributed by atoms with Gasteiger partial charge in [0.2, 0.25) is 5.72 Å². The van der Waals surface area contributed by atoms with Crippen LogP contribution in [0.3, 0.4) is 0 Å². The maximum Gasteiger partial charge on any atom is 0.277 e. The lowest BCUT2D eigenvalue weighted by atomic mass is 10.2. The minimum absolute atomic E-state index is 0.262. The van der Waals surface area contributed by atoms with Gasteiger partial charge in [-0.1, -0.05) is 0 Å². The number of hydrogen-bond donors (Lipinski definition) is 2. The maximum absolute atomic E-state index is 11.6. The predicted octanol–water partition coefficient (Wildman–Crippen LogP) is 0.203. The van der Waals surface area contributed by atoms with Crippen LogP contribution in [0.5, 0.6) is 0 Å². The molecule has 1 unspecified atom stereocenters. The number of rotatable bonds is 1. The Bertz CT molecular complexity index is 381. The third-order valence-electron chi connectivity index (χ3n) is 2.16. The fourth-order valence-electron chi connectivity index (χ4n) is 1.19. The molecule has 0 saturated carbocycles. The zero-order valence-electron chi connectivity index (χ0n) is 7.87. The fraction of sp³-hybridized carbons (Fsp3) is 0.375. The van der Waals surface area contributed by atoms with E-state index >= 15 is 0 Å². The topological polar surface area (TPSA) is 76.1 Å². The van der Waals surface area contributed by atoms with Crippen molar-refractivity contribution in [3.63, 3.8) is 0 Å². The van der Waals surface area contributed by atoms with Gasteiger partial charge in [0.05, 0.1) is 6.20 Å². The van der Waals surface area contributed by atoms with Crippen LogP contribution in [0.4, 0.5) is 11.5 Å². The molecule has 0 fully saturated rings. The molecule has 2 heterocycles. The minimum Gasteiger partial charge on any atom is -0.351 e. The number of carbonyl (C=O) groups excluding carboxylic acids is 1. The SMILES string of the molecule is COC1(C)Nc2ncncc2NC1=O. The molecule has 1 aromatic rings. The molecule has 0 aliphatic carbocycles. The van der Waals surface area contributed by atoms with E-state index in [1.54, 1.807) is 6.92 Å². The molecule has 0 spiro atoms. The van der Waals surface area contributed by atoms with Crippen LogP contribution in [0.2, 0.25) is 0 Å². The Balaban J connectivity index is 2.41. The first-order valence-electron chi connectivity index (χ1n) is 4.10. The van der Waals surface area contributed by atoms with E-state index in [4.69, 9.17) is 4.74 Å². The van der Waals surface area contributed by atoms with Gasteiger partial charge < -0.3 is 15.4 Å². The van der Waals surface area contributed by atoms with E-state index in [1.807, 2.05) is 0 Å². The number of hydrogen-bond acceptors (Lipinski definition) is 5. The maximum atomic E-state index is 11.6. The summed E-state index contributed by atoms with van der Waals surface area (Å²) in [7, 11) is 1.46. The molecule has 1 amide bonds. The lowest BCUT2D eigenvalue weighted by Gasteiger charge is -2.32. The highest BCUT2D eigenvalue weighted by Gasteiger charge is 2.38. The van der Waals surface area contributed by atoms with Crippen molar-refractivity contribution in [3.05, 3.63) is 12.5 Å². The Labute approximate surface area is 80.7 Å². The average molecular weight is 194 g/mol. The van der Waals surface area contributed by atoms with Crippen LogP contribution in [-0.4, -0.2) is 28.7 Å². The first-order valence-corrected chi connectivity index (χ1v) is 4.10. The van der Waals surface area contributed by atoms with Crippen molar-refractivity contribution in [2.75, 3.05) is 17.7 Å². The van der Waals surface area contributed by atoms with Crippen molar-refractivity contribution in [2.45, 2.75) is 12.6 Å². The van der Waals surface area contributed by atoms with Gasteiger partial charge in [0.25, 0.3) is 5.91 Å². The Morgan fingerprint density at radius 3 is 3.07 bits per heavy atom. The lowest BCUT2D eigenvalue weighted by molar-refractivity contribution is -0.133. The van der Waals surface area contributed by atoms with Gasteiger partial charge >= 0.3 is 0 Å². The average Bonchev–Trinajstić information content (AvgIpc) is 2.20. The number of nitrogens with one attached hydrogen (secondary N) is 2. The largest absolute Gasteiger partial charge is 0.351 e. The molecule has 1 aromatic heterocycles. The van der Waals surface area contributed by atoms with Gasteiger partial charge in [0, 0.05) is 7.11 Å². The standard InChI is InChI=1S/C8H10N4O2/c1-8(14-2)7(13)11-5-3-9-4-10-6(5)12-8/h3-4H,1-2H3,(H,11,13)(H,9,10,12). The van der Waals surface area contributed by atoms with Crippen molar-refractivity contribution in [1.82, 2.24) is 9.97 Å². The molecule has 14 heavy (non-hydrogen) atoms. The van der Waals surface area contributed by atoms with E-state index in [0.29, 0.717) is 11.5 Å². The van der Waals surface area contributed by atoms with Crippen molar-refractivity contribution < 1.29 is 9.53 Å². The number of aromatic nitrogens is 2. The minimum atomic E-state index is -1.07. The molecule has 0 bridgehead atoms. The molecule has 2 N–H and O–H groups in total. The van der Waals surface area contributed by atoms with Gasteiger partial charge in [0.15, 0.2) is 5.82 Å². The zero-order chi connectivity index (χ0) is 10.2. The smallest absolute Gasteiger partial charge is 0.277 e. The lowest BCUT2D eigenvalue weighted by Crippen LogP contribution is -2.51. The third-order valence-corrected chi connectivity index (χ3v) is 2.16. The molecule has 1 atom stereocenters. The van der Waals surface area contributed by atoms with E-state index in [9.17, 15) is 4.79 Å². The fourth-order valence-corrected chi connectivity index (χ4v) is 1.19. The van der Waals surface area contributed by atoms with E-state index < -0.39 is 5.72 Å². The summed E-state index contributed by atoms with van der Waals surface area (Å²) in [4.78, 5) is 19.3. The summed E-state index contributed by atoms with van der Waals surface area (Å²) in [6.07, 6.45) is 2.93. The predicted molar refractivity (Wildman–Crippen MR) is 49.7 cm³/mol. The molecule has 6 heteroatoms. The summed E-state index contributed by atoms with van der Waals surface area (Å²) >= 11 is 0. The molecule has 0 radical (unpaired) electrons. The van der Waals surface area contributed by atoms with Gasteiger partial charge in [-0.25, -0.2) is 9.97 Å². The molecule has 0 saturated heterocycles. The van der Waals surface area contributed by atoms with Gasteiger partial charge in [-0.05, 0) is 6.92 Å². The summed E-state index contributed by atoms with van der Waals surface area (Å²) in [6.45, 7) is 1.63. The second-order valence-electron chi connectivity index (χ2n) is 3.10. The monoisotopic (exact) mass is 194 g/mol. The van der Waals surface area contributed by atoms with E-state index in [2.05, 4.69) is 20.6 Å². The van der Waals surface area contributed by atoms with E-state index in [0.717, 1.165) is 0 Å². The summed E-state index contributed by atoms with van der Waals surface area (Å²) in [6, 6.07) is 0. The van der Waals surface area contributed by atoms with Crippen LogP contribution in [0.25, 0.3) is 0 Å². The summed E-state index contributed by atoms with van der Waals surface area (Å²) in [5, 5.41) is 5.54. The number of nitrogens with zero attached hydrogens (tertiary/aromatic N) is 2. The molecule has 6 nitrogen and oxygen atoms in total. The van der Waals surface area contributed by atoms with E-state index in [1.165, 1.54) is 19.6 Å². The van der Waals surface area contributed by atoms with E-state index in [-0.39, 0.29) is 5.91 Å². The highest BCUT2D eigenvalue weighted by atomic mass is 16.5. The number of amides is 1. The van der Waals surface area contributed by atoms with Crippen LogP contribution in [-0.2, 0) is 9.53 Å². The van der Waals surface area contributed by atoms with Crippen LogP contribution in [0.1, 0.15) is 6.92 Å². The van der Waals surface area contributed by atoms with Crippen molar-refractivity contribution in [3.8, 4) is 0 Å². The Kier molecular flexibility index (Phi) is 1.85. The van der Waals surface area contributed by atoms with Crippen LogP contribution >= 0.6 is 0 Å². The quantitative estimate of drug-likeness (QED) is 0.668. The van der Waals surface area contributed by atoms with Crippen molar-refractivity contribution in [1.29, 1.82) is 0 Å². The zero-order valence-corrected chi connectivity index (χ0v) is 7.87. The molecular formula is C8H10N4O2. The number of ether oxygens (including phenoxy) is 1. The van der Waals surface area contributed by atoms with Crippen LogP contribution < -0.4 is 10.6 Å². The summed E-state index contributed by atoms with van der Waals surface area (Å²) in [5.41, 5.74) is -0.506. The molecular weight excluding hydrogens is 184 g/mol. The summed E-state index contributed by atoms with van der Waals surface area (Å²) < 4.78 is 5.06. The first kappa shape index (κ1) is 8.89. The van der Waals surface area contributed by atoms with Gasteiger partial charge in [-0.15, -0.1) is 0 Å². The third kappa shape index (κ3) is 1.20. The van der Waals surface area contributed by atoms with Gasteiger partial charge in [-0.2, -0.15) is 0 Å². The highest BCUT2D eigenvalue weighted by molar-refractivity contribution is 6.03. The van der Waals surface area contributed by atoms with Crippen molar-refractivity contribution >= 4 is 17.4 Å². The Morgan fingerprint density at radius 1 is 1.57 bits per heavy atom. The second-order valence-corrected chi connectivity index (χ2v) is 3.10. The van der Waals surface area contributed by atoms with Crippen LogP contribution in [0.15, 0.2) is 12.5 Å². The Hall–Kier alpha value is -1.69. The number of anilines is 2. The molecule has 0 aromatic carbocycles. The van der Waals surface area contributed by atoms with Gasteiger partial charge in [-0.3, -0.25) is 4.79 Å². The first-order chi connectivity index (χ1) is 6.65. The van der Waals surface area contributed by atoms with Gasteiger partial charge in [0.1, 0.15) is 12.0 Å². The Morgan fingerprint density at radius 2 is 2.36 bits per heavy atom. The van der Waals surface area contributed by atoms with Crippen molar-refractivity contribution in [2.24, 2.45) is 0 Å². The number of carbonyl (C=O) groups is 1. The normalized spacial score (nSPS) is 24.9. The highest BCUT2D eigenvalue weighted by Crippen LogP contribution is 2.27. The molecule has 1 aliphatic heterocycles.